The summed E-state index contributed by atoms with van der Waals surface area (Å²) >= 11 is 1.74. The van der Waals surface area contributed by atoms with Crippen LogP contribution in [-0.2, 0) is 4.79 Å². The summed E-state index contributed by atoms with van der Waals surface area (Å²) in [5.74, 6) is -0.987. The fourth-order valence-electron chi connectivity index (χ4n) is 1.86. The standard InChI is InChI=1S/C13H26N2O3S/c1-5-8-10(11(16)17)15-12(18)14-9-13(6-2,7-3)19-4/h10H,5-9H2,1-4H3,(H,16,17)(H2,14,15,18). The zero-order valence-electron chi connectivity index (χ0n) is 12.3. The summed E-state index contributed by atoms with van der Waals surface area (Å²) in [5.41, 5.74) is 0. The molecule has 0 saturated carbocycles. The van der Waals surface area contributed by atoms with Gasteiger partial charge in [-0.2, -0.15) is 11.8 Å². The maximum absolute atomic E-state index is 11.7. The van der Waals surface area contributed by atoms with Crippen LogP contribution in [0.4, 0.5) is 4.79 Å². The minimum atomic E-state index is -0.987. The zero-order valence-corrected chi connectivity index (χ0v) is 13.1. The van der Waals surface area contributed by atoms with Crippen LogP contribution in [0.1, 0.15) is 46.5 Å². The molecular weight excluding hydrogens is 264 g/mol. The van der Waals surface area contributed by atoms with E-state index in [4.69, 9.17) is 5.11 Å². The van der Waals surface area contributed by atoms with Crippen LogP contribution in [-0.4, -0.2) is 40.7 Å². The summed E-state index contributed by atoms with van der Waals surface area (Å²) in [5, 5.41) is 14.3. The summed E-state index contributed by atoms with van der Waals surface area (Å²) in [7, 11) is 0. The molecule has 0 aliphatic carbocycles. The van der Waals surface area contributed by atoms with E-state index in [9.17, 15) is 9.59 Å². The number of carboxylic acids is 1. The average Bonchev–Trinajstić information content (AvgIpc) is 2.40. The number of hydrogen-bond donors (Lipinski definition) is 3. The largest absolute Gasteiger partial charge is 0.480 e. The third-order valence-electron chi connectivity index (χ3n) is 3.47. The molecule has 0 spiro atoms. The molecule has 0 heterocycles. The number of thioether (sulfide) groups is 1. The SMILES string of the molecule is CCCC(NC(=O)NCC(CC)(CC)SC)C(=O)O. The predicted molar refractivity (Wildman–Crippen MR) is 79.7 cm³/mol. The number of aliphatic carboxylic acids is 1. The predicted octanol–water partition coefficient (Wildman–Crippen LogP) is 2.46. The van der Waals surface area contributed by atoms with Gasteiger partial charge in [-0.3, -0.25) is 0 Å². The first kappa shape index (κ1) is 18.1. The molecule has 0 rings (SSSR count). The molecule has 0 fully saturated rings. The van der Waals surface area contributed by atoms with Crippen LogP contribution in [0.3, 0.4) is 0 Å². The Morgan fingerprint density at radius 3 is 2.21 bits per heavy atom. The monoisotopic (exact) mass is 290 g/mol. The van der Waals surface area contributed by atoms with Crippen molar-refractivity contribution in [3.8, 4) is 0 Å². The molecule has 0 aliphatic heterocycles. The van der Waals surface area contributed by atoms with Gasteiger partial charge in [0.25, 0.3) is 0 Å². The van der Waals surface area contributed by atoms with E-state index in [2.05, 4.69) is 24.5 Å². The van der Waals surface area contributed by atoms with E-state index < -0.39 is 18.0 Å². The number of nitrogens with one attached hydrogen (secondary N) is 2. The Morgan fingerprint density at radius 2 is 1.84 bits per heavy atom. The average molecular weight is 290 g/mol. The van der Waals surface area contributed by atoms with Gasteiger partial charge in [-0.05, 0) is 25.5 Å². The molecule has 0 aromatic heterocycles. The molecule has 0 aromatic rings. The maximum Gasteiger partial charge on any atom is 0.326 e. The third-order valence-corrected chi connectivity index (χ3v) is 5.06. The first-order valence-corrected chi connectivity index (χ1v) is 7.99. The molecule has 1 atom stereocenters. The van der Waals surface area contributed by atoms with Crippen LogP contribution in [0.15, 0.2) is 0 Å². The summed E-state index contributed by atoms with van der Waals surface area (Å²) in [6.07, 6.45) is 5.11. The molecule has 0 aromatic carbocycles. The molecule has 19 heavy (non-hydrogen) atoms. The van der Waals surface area contributed by atoms with Gasteiger partial charge in [0, 0.05) is 11.3 Å². The van der Waals surface area contributed by atoms with Crippen molar-refractivity contribution in [3.63, 3.8) is 0 Å². The lowest BCUT2D eigenvalue weighted by Crippen LogP contribution is -2.49. The van der Waals surface area contributed by atoms with Gasteiger partial charge in [0.05, 0.1) is 0 Å². The van der Waals surface area contributed by atoms with Crippen molar-refractivity contribution in [1.82, 2.24) is 10.6 Å². The Balaban J connectivity index is 4.33. The number of carbonyl (C=O) groups is 2. The normalized spacial score (nSPS) is 12.8. The van der Waals surface area contributed by atoms with E-state index in [0.29, 0.717) is 13.0 Å². The number of rotatable bonds is 9. The topological polar surface area (TPSA) is 78.4 Å². The molecule has 5 nitrogen and oxygen atoms in total. The van der Waals surface area contributed by atoms with E-state index in [0.717, 1.165) is 19.3 Å². The fraction of sp³-hybridized carbons (Fsp3) is 0.846. The molecule has 0 saturated heterocycles. The first-order valence-electron chi connectivity index (χ1n) is 6.77. The molecule has 2 amide bonds. The second kappa shape index (κ2) is 9.07. The van der Waals surface area contributed by atoms with Gasteiger partial charge in [0.15, 0.2) is 0 Å². The van der Waals surface area contributed by atoms with Crippen molar-refractivity contribution < 1.29 is 14.7 Å². The van der Waals surface area contributed by atoms with E-state index in [1.54, 1.807) is 11.8 Å². The summed E-state index contributed by atoms with van der Waals surface area (Å²) in [6, 6.07) is -1.21. The lowest BCUT2D eigenvalue weighted by atomic mass is 10.0. The molecule has 3 N–H and O–H groups in total. The van der Waals surface area contributed by atoms with Crippen LogP contribution in [0, 0.1) is 0 Å². The Kier molecular flexibility index (Phi) is 8.63. The van der Waals surface area contributed by atoms with Gasteiger partial charge >= 0.3 is 12.0 Å². The lowest BCUT2D eigenvalue weighted by molar-refractivity contribution is -0.139. The van der Waals surface area contributed by atoms with Gasteiger partial charge in [-0.1, -0.05) is 27.2 Å². The van der Waals surface area contributed by atoms with Crippen LogP contribution in [0.2, 0.25) is 0 Å². The summed E-state index contributed by atoms with van der Waals surface area (Å²) < 4.78 is 0.0286. The van der Waals surface area contributed by atoms with Crippen molar-refractivity contribution >= 4 is 23.8 Å². The Hall–Kier alpha value is -0.910. The van der Waals surface area contributed by atoms with E-state index >= 15 is 0 Å². The lowest BCUT2D eigenvalue weighted by Gasteiger charge is -2.30. The van der Waals surface area contributed by atoms with E-state index in [1.165, 1.54) is 0 Å². The minimum Gasteiger partial charge on any atom is -0.480 e. The number of carbonyl (C=O) groups excluding carboxylic acids is 1. The fourth-order valence-corrected chi connectivity index (χ4v) is 2.65. The number of hydrogen-bond acceptors (Lipinski definition) is 3. The summed E-state index contributed by atoms with van der Waals surface area (Å²) in [4.78, 5) is 22.7. The van der Waals surface area contributed by atoms with Gasteiger partial charge in [-0.15, -0.1) is 0 Å². The molecule has 0 radical (unpaired) electrons. The Morgan fingerprint density at radius 1 is 1.26 bits per heavy atom. The first-order chi connectivity index (χ1) is 8.94. The van der Waals surface area contributed by atoms with Gasteiger partial charge in [0.1, 0.15) is 6.04 Å². The van der Waals surface area contributed by atoms with Crippen molar-refractivity contribution in [3.05, 3.63) is 0 Å². The van der Waals surface area contributed by atoms with E-state index in [1.807, 2.05) is 13.2 Å². The van der Waals surface area contributed by atoms with Crippen molar-refractivity contribution in [2.75, 3.05) is 12.8 Å². The Labute approximate surface area is 119 Å². The van der Waals surface area contributed by atoms with Gasteiger partial charge in [0.2, 0.25) is 0 Å². The van der Waals surface area contributed by atoms with Gasteiger partial charge in [-0.25, -0.2) is 9.59 Å². The molecule has 1 unspecified atom stereocenters. The molecule has 6 heteroatoms. The van der Waals surface area contributed by atoms with Crippen LogP contribution in [0.5, 0.6) is 0 Å². The van der Waals surface area contributed by atoms with Crippen molar-refractivity contribution in [2.45, 2.75) is 57.2 Å². The van der Waals surface area contributed by atoms with Crippen LogP contribution >= 0.6 is 11.8 Å². The molecular formula is C13H26N2O3S. The highest BCUT2D eigenvalue weighted by Crippen LogP contribution is 2.29. The third kappa shape index (κ3) is 6.18. The van der Waals surface area contributed by atoms with Crippen molar-refractivity contribution in [2.24, 2.45) is 0 Å². The minimum absolute atomic E-state index is 0.0286. The molecule has 0 aliphatic rings. The highest BCUT2D eigenvalue weighted by molar-refractivity contribution is 8.00. The Bertz CT molecular complexity index is 285. The number of urea groups is 1. The second-order valence-corrected chi connectivity index (χ2v) is 5.88. The highest BCUT2D eigenvalue weighted by Gasteiger charge is 2.26. The van der Waals surface area contributed by atoms with Crippen molar-refractivity contribution in [1.29, 1.82) is 0 Å². The smallest absolute Gasteiger partial charge is 0.326 e. The number of carboxylic acid groups (broad SMARTS) is 1. The quantitative estimate of drug-likeness (QED) is 0.609. The maximum atomic E-state index is 11.7. The van der Waals surface area contributed by atoms with E-state index in [-0.39, 0.29) is 4.75 Å². The molecule has 112 valence electrons. The highest BCUT2D eigenvalue weighted by atomic mass is 32.2. The second-order valence-electron chi connectivity index (χ2n) is 4.60. The van der Waals surface area contributed by atoms with Crippen LogP contribution < -0.4 is 10.6 Å². The van der Waals surface area contributed by atoms with Gasteiger partial charge < -0.3 is 15.7 Å². The number of amides is 2. The summed E-state index contributed by atoms with van der Waals surface area (Å²) in [6.45, 7) is 6.63. The van der Waals surface area contributed by atoms with Crippen LogP contribution in [0.25, 0.3) is 0 Å². The zero-order chi connectivity index (χ0) is 14.9. The molecule has 0 bridgehead atoms.